The second-order valence-corrected chi connectivity index (χ2v) is 7.20. The Bertz CT molecular complexity index is 1090. The summed E-state index contributed by atoms with van der Waals surface area (Å²) in [6.45, 7) is 1.95. The first-order valence-electron chi connectivity index (χ1n) is 9.40. The quantitative estimate of drug-likeness (QED) is 0.645. The zero-order valence-corrected chi connectivity index (χ0v) is 18.0. The number of ether oxygens (including phenoxy) is 1. The molecule has 0 unspecified atom stereocenters. The Morgan fingerprint density at radius 1 is 1.17 bits per heavy atom. The highest BCUT2D eigenvalue weighted by atomic mass is 35.5. The fraction of sp³-hybridized carbons (Fsp3) is 0.227. The molecule has 0 saturated heterocycles. The highest BCUT2D eigenvalue weighted by Crippen LogP contribution is 2.26. The van der Waals surface area contributed by atoms with E-state index in [1.165, 1.54) is 11.1 Å². The van der Waals surface area contributed by atoms with Crippen LogP contribution in [-0.4, -0.2) is 47.7 Å². The van der Waals surface area contributed by atoms with Crippen LogP contribution in [0.2, 0.25) is 5.02 Å². The van der Waals surface area contributed by atoms with Gasteiger partial charge >= 0.3 is 0 Å². The first-order chi connectivity index (χ1) is 14.4. The fourth-order valence-electron chi connectivity index (χ4n) is 3.12. The molecule has 0 atom stereocenters. The molecule has 0 aliphatic heterocycles. The van der Waals surface area contributed by atoms with Crippen molar-refractivity contribution in [1.82, 2.24) is 14.7 Å². The monoisotopic (exact) mass is 426 g/mol. The second-order valence-electron chi connectivity index (χ2n) is 6.79. The third-order valence-electron chi connectivity index (χ3n) is 4.62. The zero-order chi connectivity index (χ0) is 21.8. The number of benzene rings is 2. The van der Waals surface area contributed by atoms with Crippen molar-refractivity contribution in [2.75, 3.05) is 26.5 Å². The predicted molar refractivity (Wildman–Crippen MR) is 117 cm³/mol. The molecule has 1 N–H and O–H groups in total. The summed E-state index contributed by atoms with van der Waals surface area (Å²) in [7, 11) is 4.88. The number of carbonyl (C=O) groups excluding carboxylic acids is 2. The number of carbonyl (C=O) groups is 2. The largest absolute Gasteiger partial charge is 0.494 e. The van der Waals surface area contributed by atoms with E-state index in [9.17, 15) is 9.59 Å². The molecule has 2 amide bonds. The van der Waals surface area contributed by atoms with E-state index in [2.05, 4.69) is 10.4 Å². The average molecular weight is 427 g/mol. The van der Waals surface area contributed by atoms with E-state index in [0.29, 0.717) is 34.0 Å². The van der Waals surface area contributed by atoms with Crippen molar-refractivity contribution in [3.63, 3.8) is 0 Å². The number of rotatable bonds is 6. The van der Waals surface area contributed by atoms with Crippen LogP contribution in [0.1, 0.15) is 33.3 Å². The van der Waals surface area contributed by atoms with Crippen LogP contribution in [0.5, 0.6) is 5.75 Å². The van der Waals surface area contributed by atoms with E-state index in [1.807, 2.05) is 31.2 Å². The summed E-state index contributed by atoms with van der Waals surface area (Å²) in [6, 6.07) is 12.3. The van der Waals surface area contributed by atoms with Gasteiger partial charge in [-0.2, -0.15) is 5.10 Å². The second kappa shape index (κ2) is 9.00. The zero-order valence-electron chi connectivity index (χ0n) is 17.3. The number of anilines is 1. The molecule has 2 aromatic carbocycles. The van der Waals surface area contributed by atoms with Crippen molar-refractivity contribution in [3.05, 3.63) is 70.5 Å². The van der Waals surface area contributed by atoms with Crippen LogP contribution in [0.4, 0.5) is 5.69 Å². The molecule has 8 heteroatoms. The summed E-state index contributed by atoms with van der Waals surface area (Å²) in [5.74, 6) is 0.0970. The van der Waals surface area contributed by atoms with Crippen molar-refractivity contribution in [1.29, 1.82) is 0 Å². The molecule has 0 saturated carbocycles. The van der Waals surface area contributed by atoms with E-state index in [1.54, 1.807) is 44.1 Å². The minimum Gasteiger partial charge on any atom is -0.494 e. The van der Waals surface area contributed by atoms with Gasteiger partial charge < -0.3 is 15.0 Å². The van der Waals surface area contributed by atoms with E-state index in [-0.39, 0.29) is 11.8 Å². The van der Waals surface area contributed by atoms with Gasteiger partial charge in [-0.1, -0.05) is 30.7 Å². The number of aromatic nitrogens is 2. The van der Waals surface area contributed by atoms with Crippen LogP contribution in [0.3, 0.4) is 0 Å². The molecule has 0 radical (unpaired) electrons. The number of nitrogens with zero attached hydrogens (tertiary/aromatic N) is 3. The van der Waals surface area contributed by atoms with Gasteiger partial charge in [0.25, 0.3) is 11.8 Å². The third-order valence-corrected chi connectivity index (χ3v) is 4.95. The number of para-hydroxylation sites is 2. The van der Waals surface area contributed by atoms with Gasteiger partial charge in [-0.05, 0) is 36.8 Å². The topological polar surface area (TPSA) is 76.5 Å². The number of nitrogens with one attached hydrogen (secondary N) is 1. The maximum absolute atomic E-state index is 13.0. The van der Waals surface area contributed by atoms with Gasteiger partial charge in [0.2, 0.25) is 0 Å². The summed E-state index contributed by atoms with van der Waals surface area (Å²) < 4.78 is 7.13. The lowest BCUT2D eigenvalue weighted by molar-refractivity contribution is 0.0827. The number of halogens is 1. The Hall–Kier alpha value is -3.32. The van der Waals surface area contributed by atoms with Crippen LogP contribution >= 0.6 is 11.6 Å². The van der Waals surface area contributed by atoms with Crippen molar-refractivity contribution in [3.8, 4) is 11.4 Å². The summed E-state index contributed by atoms with van der Waals surface area (Å²) in [4.78, 5) is 26.7. The number of hydrogen-bond acceptors (Lipinski definition) is 4. The molecule has 0 bridgehead atoms. The first-order valence-corrected chi connectivity index (χ1v) is 9.78. The Labute approximate surface area is 180 Å². The van der Waals surface area contributed by atoms with E-state index >= 15 is 0 Å². The van der Waals surface area contributed by atoms with Crippen LogP contribution in [-0.2, 0) is 6.42 Å². The smallest absolute Gasteiger partial charge is 0.259 e. The summed E-state index contributed by atoms with van der Waals surface area (Å²) >= 11 is 6.15. The lowest BCUT2D eigenvalue weighted by Crippen LogP contribution is -2.22. The number of amides is 2. The van der Waals surface area contributed by atoms with Crippen LogP contribution in [0.25, 0.3) is 5.69 Å². The highest BCUT2D eigenvalue weighted by Gasteiger charge is 2.20. The fourth-order valence-corrected chi connectivity index (χ4v) is 3.32. The van der Waals surface area contributed by atoms with Gasteiger partial charge in [0.05, 0.1) is 35.2 Å². The Morgan fingerprint density at radius 2 is 1.90 bits per heavy atom. The molecule has 1 heterocycles. The Kier molecular flexibility index (Phi) is 6.42. The molecule has 7 nitrogen and oxygen atoms in total. The van der Waals surface area contributed by atoms with E-state index in [4.69, 9.17) is 16.3 Å². The van der Waals surface area contributed by atoms with Gasteiger partial charge in [-0.15, -0.1) is 0 Å². The minimum absolute atomic E-state index is 0.241. The van der Waals surface area contributed by atoms with Crippen LogP contribution in [0, 0.1) is 0 Å². The third kappa shape index (κ3) is 4.16. The summed E-state index contributed by atoms with van der Waals surface area (Å²) in [6.07, 6.45) is 2.12. The van der Waals surface area contributed by atoms with E-state index in [0.717, 1.165) is 11.4 Å². The Balaban J connectivity index is 1.93. The Morgan fingerprint density at radius 3 is 2.57 bits per heavy atom. The number of hydrogen-bond donors (Lipinski definition) is 1. The van der Waals surface area contributed by atoms with Gasteiger partial charge in [-0.25, -0.2) is 4.68 Å². The number of methoxy groups -OCH3 is 1. The van der Waals surface area contributed by atoms with Crippen molar-refractivity contribution < 1.29 is 14.3 Å². The lowest BCUT2D eigenvalue weighted by atomic mass is 10.1. The van der Waals surface area contributed by atoms with Crippen molar-refractivity contribution >= 4 is 29.1 Å². The van der Waals surface area contributed by atoms with Gasteiger partial charge in [-0.3, -0.25) is 9.59 Å². The van der Waals surface area contributed by atoms with Crippen LogP contribution in [0.15, 0.2) is 48.7 Å². The van der Waals surface area contributed by atoms with Gasteiger partial charge in [0.15, 0.2) is 0 Å². The molecule has 0 aliphatic carbocycles. The highest BCUT2D eigenvalue weighted by molar-refractivity contribution is 6.34. The van der Waals surface area contributed by atoms with Gasteiger partial charge in [0.1, 0.15) is 11.4 Å². The molecule has 0 aliphatic rings. The maximum atomic E-state index is 13.0. The summed E-state index contributed by atoms with van der Waals surface area (Å²) in [5.41, 5.74) is 2.73. The molecular weight excluding hydrogens is 404 g/mol. The van der Waals surface area contributed by atoms with Crippen LogP contribution < -0.4 is 10.1 Å². The van der Waals surface area contributed by atoms with Gasteiger partial charge in [0, 0.05) is 19.8 Å². The first kappa shape index (κ1) is 21.4. The molecule has 3 rings (SSSR count). The SMILES string of the molecule is CCc1c(C(=O)Nc2ccc(Cl)c(C(=O)N(C)C)c2)cnn1-c1ccccc1OC. The average Bonchev–Trinajstić information content (AvgIpc) is 3.18. The molecule has 3 aromatic rings. The van der Waals surface area contributed by atoms with Crippen molar-refractivity contribution in [2.45, 2.75) is 13.3 Å². The predicted octanol–water partition coefficient (Wildman–Crippen LogP) is 4.05. The molecular formula is C22H23ClN4O3. The molecule has 156 valence electrons. The van der Waals surface area contributed by atoms with Crippen molar-refractivity contribution in [2.24, 2.45) is 0 Å². The molecule has 1 aromatic heterocycles. The lowest BCUT2D eigenvalue weighted by Gasteiger charge is -2.14. The maximum Gasteiger partial charge on any atom is 0.259 e. The molecule has 0 fully saturated rings. The molecule has 0 spiro atoms. The standard InChI is InChI=1S/C22H23ClN4O3/c1-5-18-16(13-24-27(18)19-8-6-7-9-20(19)30-4)21(28)25-14-10-11-17(23)15(12-14)22(29)26(2)3/h6-13H,5H2,1-4H3,(H,25,28). The normalized spacial score (nSPS) is 10.6. The van der Waals surface area contributed by atoms with E-state index < -0.39 is 0 Å². The molecule has 30 heavy (non-hydrogen) atoms. The minimum atomic E-state index is -0.321. The summed E-state index contributed by atoms with van der Waals surface area (Å²) in [5, 5.41) is 7.56.